The first-order valence-electron chi connectivity index (χ1n) is 8.14. The number of furan rings is 1. The molecule has 7 heteroatoms. The van der Waals surface area contributed by atoms with Gasteiger partial charge in [-0.3, -0.25) is 4.79 Å². The van der Waals surface area contributed by atoms with Crippen LogP contribution in [0.4, 0.5) is 5.82 Å². The van der Waals surface area contributed by atoms with E-state index in [1.54, 1.807) is 29.8 Å². The smallest absolute Gasteiger partial charge is 0.287 e. The van der Waals surface area contributed by atoms with E-state index in [-0.39, 0.29) is 5.91 Å². The summed E-state index contributed by atoms with van der Waals surface area (Å²) in [7, 11) is 0. The molecule has 0 bridgehead atoms. The maximum absolute atomic E-state index is 11.8. The van der Waals surface area contributed by atoms with Gasteiger partial charge in [0.1, 0.15) is 17.0 Å². The Kier molecular flexibility index (Phi) is 4.17. The monoisotopic (exact) mass is 342 g/mol. The van der Waals surface area contributed by atoms with Gasteiger partial charge in [-0.05, 0) is 43.4 Å². The van der Waals surface area contributed by atoms with Crippen LogP contribution >= 0.6 is 11.3 Å². The zero-order valence-corrected chi connectivity index (χ0v) is 14.0. The molecule has 0 aromatic carbocycles. The third-order valence-electron chi connectivity index (χ3n) is 4.20. The molecule has 0 saturated carbocycles. The van der Waals surface area contributed by atoms with E-state index in [9.17, 15) is 4.79 Å². The Morgan fingerprint density at radius 1 is 1.25 bits per heavy atom. The molecule has 0 fully saturated rings. The third-order valence-corrected chi connectivity index (χ3v) is 5.40. The molecule has 124 valence electrons. The van der Waals surface area contributed by atoms with Crippen molar-refractivity contribution in [2.75, 3.05) is 18.4 Å². The zero-order valence-electron chi connectivity index (χ0n) is 13.2. The van der Waals surface area contributed by atoms with Gasteiger partial charge in [0.05, 0.1) is 11.6 Å². The largest absolute Gasteiger partial charge is 0.459 e. The number of amides is 1. The van der Waals surface area contributed by atoms with E-state index in [0.29, 0.717) is 18.8 Å². The predicted octanol–water partition coefficient (Wildman–Crippen LogP) is 3.01. The van der Waals surface area contributed by atoms with E-state index in [1.165, 1.54) is 29.5 Å². The Hall–Kier alpha value is -2.41. The van der Waals surface area contributed by atoms with Gasteiger partial charge in [-0.25, -0.2) is 9.97 Å². The molecule has 24 heavy (non-hydrogen) atoms. The number of fused-ring (bicyclic) bond motifs is 3. The molecule has 3 aromatic rings. The molecule has 0 aliphatic heterocycles. The van der Waals surface area contributed by atoms with Crippen molar-refractivity contribution in [1.82, 2.24) is 15.3 Å². The van der Waals surface area contributed by atoms with Crippen LogP contribution in [0.5, 0.6) is 0 Å². The first-order chi connectivity index (χ1) is 11.8. The van der Waals surface area contributed by atoms with Gasteiger partial charge in [0.15, 0.2) is 5.76 Å². The summed E-state index contributed by atoms with van der Waals surface area (Å²) in [5.74, 6) is 0.987. The van der Waals surface area contributed by atoms with E-state index in [0.717, 1.165) is 28.9 Å². The lowest BCUT2D eigenvalue weighted by Crippen LogP contribution is -2.28. The van der Waals surface area contributed by atoms with Crippen LogP contribution in [0.25, 0.3) is 10.2 Å². The van der Waals surface area contributed by atoms with Crippen molar-refractivity contribution in [2.24, 2.45) is 0 Å². The number of aryl methyl sites for hydroxylation is 2. The van der Waals surface area contributed by atoms with E-state index in [1.807, 2.05) is 0 Å². The van der Waals surface area contributed by atoms with Crippen LogP contribution < -0.4 is 10.6 Å². The lowest BCUT2D eigenvalue weighted by molar-refractivity contribution is 0.0927. The third kappa shape index (κ3) is 2.87. The summed E-state index contributed by atoms with van der Waals surface area (Å²) < 4.78 is 5.07. The molecule has 1 aliphatic carbocycles. The standard InChI is InChI=1S/C17H18N4O2S/c22-16(12-5-3-9-23-12)19-8-7-18-15-14-11-4-1-2-6-13(11)24-17(14)21-10-20-15/h3,5,9-10H,1-2,4,6-8H2,(H,19,22)(H,18,20,21). The lowest BCUT2D eigenvalue weighted by atomic mass is 9.97. The topological polar surface area (TPSA) is 80.0 Å². The van der Waals surface area contributed by atoms with E-state index < -0.39 is 0 Å². The van der Waals surface area contributed by atoms with E-state index in [4.69, 9.17) is 4.42 Å². The second-order valence-electron chi connectivity index (χ2n) is 5.77. The highest BCUT2D eigenvalue weighted by Crippen LogP contribution is 2.37. The van der Waals surface area contributed by atoms with E-state index in [2.05, 4.69) is 20.6 Å². The van der Waals surface area contributed by atoms with Crippen molar-refractivity contribution in [3.63, 3.8) is 0 Å². The summed E-state index contributed by atoms with van der Waals surface area (Å²) in [6.45, 7) is 1.10. The SMILES string of the molecule is O=C(NCCNc1ncnc2sc3c(c12)CCCC3)c1ccco1. The van der Waals surface area contributed by atoms with Crippen LogP contribution in [0.15, 0.2) is 29.1 Å². The predicted molar refractivity (Wildman–Crippen MR) is 93.6 cm³/mol. The minimum Gasteiger partial charge on any atom is -0.459 e. The van der Waals surface area contributed by atoms with Crippen molar-refractivity contribution >= 4 is 33.3 Å². The van der Waals surface area contributed by atoms with Gasteiger partial charge >= 0.3 is 0 Å². The fraction of sp³-hybridized carbons (Fsp3) is 0.353. The van der Waals surface area contributed by atoms with Crippen molar-refractivity contribution in [1.29, 1.82) is 0 Å². The maximum Gasteiger partial charge on any atom is 0.287 e. The van der Waals surface area contributed by atoms with Crippen LogP contribution in [0.2, 0.25) is 0 Å². The maximum atomic E-state index is 11.8. The van der Waals surface area contributed by atoms with Crippen molar-refractivity contribution in [2.45, 2.75) is 25.7 Å². The highest BCUT2D eigenvalue weighted by molar-refractivity contribution is 7.19. The van der Waals surface area contributed by atoms with Gasteiger partial charge in [0.25, 0.3) is 5.91 Å². The Morgan fingerprint density at radius 2 is 2.17 bits per heavy atom. The first-order valence-corrected chi connectivity index (χ1v) is 8.95. The molecule has 0 atom stereocenters. The number of thiophene rings is 1. The minimum absolute atomic E-state index is 0.206. The number of rotatable bonds is 5. The summed E-state index contributed by atoms with van der Waals surface area (Å²) in [5.41, 5.74) is 1.41. The number of hydrogen-bond donors (Lipinski definition) is 2. The number of nitrogens with one attached hydrogen (secondary N) is 2. The van der Waals surface area contributed by atoms with Gasteiger partial charge in [-0.15, -0.1) is 11.3 Å². The summed E-state index contributed by atoms with van der Waals surface area (Å²) in [4.78, 5) is 23.2. The molecule has 0 saturated heterocycles. The average molecular weight is 342 g/mol. The highest BCUT2D eigenvalue weighted by atomic mass is 32.1. The van der Waals surface area contributed by atoms with Gasteiger partial charge in [-0.2, -0.15) is 0 Å². The molecule has 0 unspecified atom stereocenters. The Bertz CT molecular complexity index is 857. The summed E-state index contributed by atoms with van der Waals surface area (Å²) >= 11 is 1.78. The summed E-state index contributed by atoms with van der Waals surface area (Å²) in [5, 5.41) is 7.32. The zero-order chi connectivity index (χ0) is 16.4. The van der Waals surface area contributed by atoms with Crippen LogP contribution in [0.3, 0.4) is 0 Å². The molecule has 0 spiro atoms. The van der Waals surface area contributed by atoms with Crippen LogP contribution in [0.1, 0.15) is 33.8 Å². The number of nitrogens with zero attached hydrogens (tertiary/aromatic N) is 2. The molecule has 1 amide bonds. The number of carbonyl (C=O) groups excluding carboxylic acids is 1. The van der Waals surface area contributed by atoms with Crippen molar-refractivity contribution in [3.05, 3.63) is 40.9 Å². The summed E-state index contributed by atoms with van der Waals surface area (Å²) in [6, 6.07) is 3.35. The van der Waals surface area contributed by atoms with Gasteiger partial charge in [0.2, 0.25) is 0 Å². The summed E-state index contributed by atoms with van der Waals surface area (Å²) in [6.07, 6.45) is 7.83. The Morgan fingerprint density at radius 3 is 3.04 bits per heavy atom. The highest BCUT2D eigenvalue weighted by Gasteiger charge is 2.19. The van der Waals surface area contributed by atoms with Gasteiger partial charge < -0.3 is 15.1 Å². The molecule has 0 radical (unpaired) electrons. The second-order valence-corrected chi connectivity index (χ2v) is 6.86. The number of carbonyl (C=O) groups is 1. The van der Waals surface area contributed by atoms with Crippen LogP contribution in [-0.2, 0) is 12.8 Å². The van der Waals surface area contributed by atoms with Gasteiger partial charge in [-0.1, -0.05) is 0 Å². The van der Waals surface area contributed by atoms with E-state index >= 15 is 0 Å². The van der Waals surface area contributed by atoms with Crippen molar-refractivity contribution < 1.29 is 9.21 Å². The molecule has 3 heterocycles. The average Bonchev–Trinajstić information content (AvgIpc) is 3.26. The molecule has 2 N–H and O–H groups in total. The molecular weight excluding hydrogens is 324 g/mol. The molecule has 4 rings (SSSR count). The lowest BCUT2D eigenvalue weighted by Gasteiger charge is -2.12. The Labute approximate surface area is 143 Å². The molecule has 1 aliphatic rings. The molecule has 3 aromatic heterocycles. The first kappa shape index (κ1) is 15.1. The fourth-order valence-corrected chi connectivity index (χ4v) is 4.30. The quantitative estimate of drug-likeness (QED) is 0.697. The fourth-order valence-electron chi connectivity index (χ4n) is 3.08. The Balaban J connectivity index is 1.43. The van der Waals surface area contributed by atoms with Crippen molar-refractivity contribution in [3.8, 4) is 0 Å². The number of anilines is 1. The normalized spacial score (nSPS) is 13.7. The minimum atomic E-state index is -0.206. The van der Waals surface area contributed by atoms with Crippen LogP contribution in [0, 0.1) is 0 Å². The number of aromatic nitrogens is 2. The molecule has 6 nitrogen and oxygen atoms in total. The number of hydrogen-bond acceptors (Lipinski definition) is 6. The van der Waals surface area contributed by atoms with Crippen LogP contribution in [-0.4, -0.2) is 29.0 Å². The second kappa shape index (κ2) is 6.60. The van der Waals surface area contributed by atoms with Gasteiger partial charge in [0, 0.05) is 18.0 Å². The molecular formula is C17H18N4O2S.